The van der Waals surface area contributed by atoms with Crippen LogP contribution in [0.1, 0.15) is 33.5 Å². The number of hydrogen-bond donors (Lipinski definition) is 2. The molecule has 0 atom stereocenters. The Morgan fingerprint density at radius 1 is 1.47 bits per heavy atom. The maximum Gasteiger partial charge on any atom is 0.316 e. The number of hydrazine groups is 1. The molecule has 0 aliphatic heterocycles. The summed E-state index contributed by atoms with van der Waals surface area (Å²) in [4.78, 5) is 20.1. The van der Waals surface area contributed by atoms with E-state index in [1.54, 1.807) is 6.07 Å². The van der Waals surface area contributed by atoms with E-state index in [4.69, 9.17) is 10.6 Å². The Balaban J connectivity index is 2.64. The number of thioether (sulfide) groups is 1. The first kappa shape index (κ1) is 15.7. The summed E-state index contributed by atoms with van der Waals surface area (Å²) in [7, 11) is 0. The monoisotopic (exact) mass is 284 g/mol. The molecule has 3 N–H and O–H groups in total. The van der Waals surface area contributed by atoms with Gasteiger partial charge in [-0.2, -0.15) is 0 Å². The fraction of sp³-hybridized carbons (Fsp3) is 0.583. The number of aryl methyl sites for hydroxylation is 1. The molecule has 0 fully saturated rings. The Morgan fingerprint density at radius 2 is 2.16 bits per heavy atom. The van der Waals surface area contributed by atoms with Gasteiger partial charge in [0.2, 0.25) is 0 Å². The molecule has 0 aliphatic carbocycles. The summed E-state index contributed by atoms with van der Waals surface area (Å²) < 4.78 is 5.23. The minimum atomic E-state index is -0.470. The summed E-state index contributed by atoms with van der Waals surface area (Å²) in [5.74, 6) is 6.51. The highest BCUT2D eigenvalue weighted by Gasteiger charge is 2.16. The highest BCUT2D eigenvalue weighted by Crippen LogP contribution is 2.19. The number of nitrogen functional groups attached to an aromatic ring is 1. The quantitative estimate of drug-likeness (QED) is 0.280. The van der Waals surface area contributed by atoms with Crippen molar-refractivity contribution in [3.8, 4) is 0 Å². The van der Waals surface area contributed by atoms with Crippen LogP contribution in [0.3, 0.4) is 0 Å². The van der Waals surface area contributed by atoms with Crippen molar-refractivity contribution >= 4 is 23.5 Å². The van der Waals surface area contributed by atoms with Gasteiger partial charge in [-0.15, -0.1) is 0 Å². The average Bonchev–Trinajstić information content (AvgIpc) is 2.33. The van der Waals surface area contributed by atoms with Crippen LogP contribution in [0.4, 0.5) is 5.82 Å². The van der Waals surface area contributed by atoms with E-state index < -0.39 is 5.60 Å². The maximum absolute atomic E-state index is 11.6. The van der Waals surface area contributed by atoms with Crippen molar-refractivity contribution in [2.24, 2.45) is 5.84 Å². The molecule has 7 heteroatoms. The van der Waals surface area contributed by atoms with Crippen molar-refractivity contribution in [3.05, 3.63) is 11.9 Å². The molecule has 0 unspecified atom stereocenters. The largest absolute Gasteiger partial charge is 0.459 e. The Bertz CT molecular complexity index is 424. The summed E-state index contributed by atoms with van der Waals surface area (Å²) in [6.07, 6.45) is 0.704. The first-order chi connectivity index (χ1) is 8.84. The molecule has 0 radical (unpaired) electrons. The molecule has 0 aromatic carbocycles. The van der Waals surface area contributed by atoms with Crippen LogP contribution in [0.15, 0.2) is 11.1 Å². The SMILES string of the molecule is CCc1nc(NN)cc(SCC(=O)OC(C)(C)C)n1. The van der Waals surface area contributed by atoms with Crippen molar-refractivity contribution in [1.82, 2.24) is 9.97 Å². The Labute approximate surface area is 117 Å². The lowest BCUT2D eigenvalue weighted by Gasteiger charge is -2.19. The fourth-order valence-electron chi connectivity index (χ4n) is 1.28. The third-order valence-electron chi connectivity index (χ3n) is 1.97. The summed E-state index contributed by atoms with van der Waals surface area (Å²) in [5, 5.41) is 0.700. The topological polar surface area (TPSA) is 90.1 Å². The molecule has 0 saturated heterocycles. The standard InChI is InChI=1S/C12H20N4O2S/c1-5-8-14-9(16-13)6-10(15-8)19-7-11(17)18-12(2,3)4/h6H,5,7,13H2,1-4H3,(H,14,15,16). The van der Waals surface area contributed by atoms with Gasteiger partial charge in [0.15, 0.2) is 0 Å². The van der Waals surface area contributed by atoms with Crippen LogP contribution in [0, 0.1) is 0 Å². The van der Waals surface area contributed by atoms with Crippen LogP contribution < -0.4 is 11.3 Å². The molecule has 106 valence electrons. The summed E-state index contributed by atoms with van der Waals surface area (Å²) in [6.45, 7) is 7.47. The van der Waals surface area contributed by atoms with E-state index in [-0.39, 0.29) is 11.7 Å². The van der Waals surface area contributed by atoms with Crippen LogP contribution in [0.25, 0.3) is 0 Å². The Hall–Kier alpha value is -1.34. The molecular weight excluding hydrogens is 264 g/mol. The highest BCUT2D eigenvalue weighted by molar-refractivity contribution is 7.99. The molecule has 6 nitrogen and oxygen atoms in total. The predicted molar refractivity (Wildman–Crippen MR) is 75.8 cm³/mol. The number of anilines is 1. The number of hydrogen-bond acceptors (Lipinski definition) is 7. The van der Waals surface area contributed by atoms with E-state index in [2.05, 4.69) is 15.4 Å². The summed E-state index contributed by atoms with van der Waals surface area (Å²) >= 11 is 1.31. The van der Waals surface area contributed by atoms with E-state index in [9.17, 15) is 4.79 Å². The molecule has 1 heterocycles. The molecular formula is C12H20N4O2S. The molecule has 0 amide bonds. The summed E-state index contributed by atoms with van der Waals surface area (Å²) in [6, 6.07) is 1.70. The van der Waals surface area contributed by atoms with Gasteiger partial charge in [0, 0.05) is 12.5 Å². The van der Waals surface area contributed by atoms with Crippen LogP contribution in [-0.2, 0) is 16.0 Å². The molecule has 0 aliphatic rings. The lowest BCUT2D eigenvalue weighted by molar-refractivity contribution is -0.151. The second-order valence-corrected chi connectivity index (χ2v) is 5.88. The van der Waals surface area contributed by atoms with Gasteiger partial charge in [0.25, 0.3) is 0 Å². The van der Waals surface area contributed by atoms with Gasteiger partial charge in [-0.3, -0.25) is 4.79 Å². The summed E-state index contributed by atoms with van der Waals surface area (Å²) in [5.41, 5.74) is 2.02. The molecule has 1 rings (SSSR count). The van der Waals surface area contributed by atoms with Crippen molar-refractivity contribution in [3.63, 3.8) is 0 Å². The number of nitrogens with one attached hydrogen (secondary N) is 1. The zero-order valence-corrected chi connectivity index (χ0v) is 12.5. The lowest BCUT2D eigenvalue weighted by Crippen LogP contribution is -2.25. The third kappa shape index (κ3) is 5.89. The van der Waals surface area contributed by atoms with Gasteiger partial charge in [0.05, 0.1) is 5.75 Å². The van der Waals surface area contributed by atoms with Gasteiger partial charge in [0.1, 0.15) is 22.3 Å². The smallest absolute Gasteiger partial charge is 0.316 e. The first-order valence-electron chi connectivity index (χ1n) is 6.03. The van der Waals surface area contributed by atoms with Gasteiger partial charge >= 0.3 is 5.97 Å². The van der Waals surface area contributed by atoms with E-state index >= 15 is 0 Å². The van der Waals surface area contributed by atoms with Crippen LogP contribution >= 0.6 is 11.8 Å². The van der Waals surface area contributed by atoms with Gasteiger partial charge in [-0.1, -0.05) is 18.7 Å². The molecule has 19 heavy (non-hydrogen) atoms. The number of esters is 1. The number of rotatable bonds is 5. The zero-order chi connectivity index (χ0) is 14.5. The van der Waals surface area contributed by atoms with Crippen molar-refractivity contribution in [1.29, 1.82) is 0 Å². The van der Waals surface area contributed by atoms with Crippen molar-refractivity contribution in [2.75, 3.05) is 11.2 Å². The van der Waals surface area contributed by atoms with Crippen LogP contribution in [-0.4, -0.2) is 27.3 Å². The average molecular weight is 284 g/mol. The van der Waals surface area contributed by atoms with Crippen molar-refractivity contribution in [2.45, 2.75) is 44.7 Å². The van der Waals surface area contributed by atoms with Gasteiger partial charge in [-0.05, 0) is 20.8 Å². The predicted octanol–water partition coefficient (Wildman–Crippen LogP) is 1.76. The number of nitrogens with zero attached hydrogens (tertiary/aromatic N) is 2. The molecule has 1 aromatic rings. The van der Waals surface area contributed by atoms with E-state index in [1.165, 1.54) is 11.8 Å². The normalized spacial score (nSPS) is 11.2. The fourth-order valence-corrected chi connectivity index (χ4v) is 1.97. The Kier molecular flexibility index (Phi) is 5.56. The van der Waals surface area contributed by atoms with Crippen LogP contribution in [0.5, 0.6) is 0 Å². The van der Waals surface area contributed by atoms with Crippen molar-refractivity contribution < 1.29 is 9.53 Å². The van der Waals surface area contributed by atoms with E-state index in [1.807, 2.05) is 27.7 Å². The number of aromatic nitrogens is 2. The second kappa shape index (κ2) is 6.72. The highest BCUT2D eigenvalue weighted by atomic mass is 32.2. The number of carbonyl (C=O) groups excluding carboxylic acids is 1. The minimum Gasteiger partial charge on any atom is -0.459 e. The molecule has 0 bridgehead atoms. The molecule has 0 spiro atoms. The second-order valence-electron chi connectivity index (χ2n) is 4.88. The first-order valence-corrected chi connectivity index (χ1v) is 7.02. The minimum absolute atomic E-state index is 0.210. The lowest BCUT2D eigenvalue weighted by atomic mass is 10.2. The Morgan fingerprint density at radius 3 is 2.68 bits per heavy atom. The number of ether oxygens (including phenoxy) is 1. The maximum atomic E-state index is 11.6. The molecule has 1 aromatic heterocycles. The van der Waals surface area contributed by atoms with E-state index in [0.29, 0.717) is 23.1 Å². The number of nitrogens with two attached hydrogens (primary N) is 1. The van der Waals surface area contributed by atoms with Gasteiger partial charge in [-0.25, -0.2) is 15.8 Å². The van der Waals surface area contributed by atoms with Gasteiger partial charge < -0.3 is 10.2 Å². The van der Waals surface area contributed by atoms with Crippen LogP contribution in [0.2, 0.25) is 0 Å². The van der Waals surface area contributed by atoms with E-state index in [0.717, 1.165) is 0 Å². The number of carbonyl (C=O) groups is 1. The third-order valence-corrected chi connectivity index (χ3v) is 2.86. The molecule has 0 saturated carbocycles. The zero-order valence-electron chi connectivity index (χ0n) is 11.7.